The largest absolute Gasteiger partial charge is 0.454 e. The Labute approximate surface area is 396 Å². The maximum Gasteiger partial charge on any atom is 0.339 e. The van der Waals surface area contributed by atoms with Crippen LogP contribution in [0, 0.1) is 10.8 Å². The molecule has 2 saturated heterocycles. The van der Waals surface area contributed by atoms with Gasteiger partial charge in [0, 0.05) is 12.8 Å². The third-order valence-corrected chi connectivity index (χ3v) is 12.2. The summed E-state index contributed by atoms with van der Waals surface area (Å²) in [7, 11) is 0. The highest BCUT2D eigenvalue weighted by molar-refractivity contribution is 6.02. The molecule has 4 aliphatic rings. The van der Waals surface area contributed by atoms with Crippen LogP contribution >= 0.6 is 0 Å². The summed E-state index contributed by atoms with van der Waals surface area (Å²) in [6.07, 6.45) is 9.61. The van der Waals surface area contributed by atoms with E-state index in [2.05, 4.69) is 0 Å². The second-order valence-corrected chi connectivity index (χ2v) is 18.8. The van der Waals surface area contributed by atoms with E-state index in [0.717, 1.165) is 33.4 Å². The van der Waals surface area contributed by atoms with E-state index in [4.69, 9.17) is 18.9 Å². The van der Waals surface area contributed by atoms with Crippen molar-refractivity contribution in [2.45, 2.75) is 143 Å². The van der Waals surface area contributed by atoms with Gasteiger partial charge in [0.05, 0.1) is 0 Å². The third-order valence-electron chi connectivity index (χ3n) is 12.2. The molecule has 0 aromatic carbocycles. The minimum Gasteiger partial charge on any atom is -0.454 e. The molecule has 368 valence electrons. The lowest BCUT2D eigenvalue weighted by atomic mass is 9.71. The molecule has 0 radical (unpaired) electrons. The van der Waals surface area contributed by atoms with E-state index < -0.39 is 107 Å². The minimum absolute atomic E-state index is 0.120. The molecule has 2 fully saturated rings. The summed E-state index contributed by atoms with van der Waals surface area (Å²) in [5, 5.41) is 59.8. The van der Waals surface area contributed by atoms with Gasteiger partial charge in [-0.05, 0) is 74.7 Å². The average Bonchev–Trinajstić information content (AvgIpc) is 3.68. The molecular formula is C52H64O16. The number of carbonyl (C=O) groups is 6. The van der Waals surface area contributed by atoms with Crippen LogP contribution in [0.15, 0.2) is 130 Å². The monoisotopic (exact) mass is 944 g/mol. The lowest BCUT2D eigenvalue weighted by Gasteiger charge is -2.36. The van der Waals surface area contributed by atoms with Gasteiger partial charge in [0.15, 0.2) is 60.4 Å². The second kappa shape index (κ2) is 22.9. The van der Waals surface area contributed by atoms with Crippen molar-refractivity contribution in [2.75, 3.05) is 0 Å². The van der Waals surface area contributed by atoms with Gasteiger partial charge in [-0.3, -0.25) is 9.59 Å². The fourth-order valence-corrected chi connectivity index (χ4v) is 8.13. The molecule has 16 heteroatoms. The van der Waals surface area contributed by atoms with Gasteiger partial charge in [0.25, 0.3) is 0 Å². The Bertz CT molecular complexity index is 2200. The molecule has 4 rings (SSSR count). The molecule has 0 saturated carbocycles. The standard InChI is InChI=1S/C52H64O16/c1-27(17-13-19-29(3)21-23-33-31(5)37(53)35(25-51(33,7)8)65-49(63)43(59)45-39(55)41(57)47(61)67-45)15-11-12-16-28(2)18-14-20-30(4)22-24-34-32(6)38(54)36(26-52(34,9)10)66-50(64)44(60)46-40(56)42(58)48(62)68-46/h11-24,35-36,39-46,55-60H,25-26H2,1-10H3/b12-11+,17-13+,18-14+,23-21+,24-22+,27-15+,28-16+,29-19+,30-20+. The topological polar surface area (TPSA) is 261 Å². The number of ketones is 2. The van der Waals surface area contributed by atoms with E-state index in [1.54, 1.807) is 13.8 Å². The molecule has 10 unspecified atom stereocenters. The molecule has 0 bridgehead atoms. The molecule has 0 aromatic heterocycles. The zero-order valence-corrected chi connectivity index (χ0v) is 40.0. The summed E-state index contributed by atoms with van der Waals surface area (Å²) < 4.78 is 20.1. The molecule has 16 nitrogen and oxygen atoms in total. The van der Waals surface area contributed by atoms with Gasteiger partial charge >= 0.3 is 23.9 Å². The quantitative estimate of drug-likeness (QED) is 0.0725. The van der Waals surface area contributed by atoms with E-state index in [0.29, 0.717) is 11.1 Å². The zero-order chi connectivity index (χ0) is 51.0. The van der Waals surface area contributed by atoms with Crippen LogP contribution in [0.25, 0.3) is 0 Å². The van der Waals surface area contributed by atoms with Crippen LogP contribution in [-0.4, -0.2) is 127 Å². The first kappa shape index (κ1) is 54.7. The molecule has 6 N–H and O–H groups in total. The van der Waals surface area contributed by atoms with Crippen LogP contribution in [0.1, 0.15) is 82.1 Å². The van der Waals surface area contributed by atoms with Crippen molar-refractivity contribution in [1.29, 1.82) is 0 Å². The molecule has 2 aliphatic carbocycles. The first-order valence-electron chi connectivity index (χ1n) is 22.2. The van der Waals surface area contributed by atoms with Gasteiger partial charge in [-0.25, -0.2) is 19.2 Å². The number of rotatable bonds is 16. The van der Waals surface area contributed by atoms with Crippen molar-refractivity contribution < 1.29 is 78.4 Å². The second-order valence-electron chi connectivity index (χ2n) is 18.8. The molecule has 0 amide bonds. The number of aliphatic hydroxyl groups excluding tert-OH is 6. The average molecular weight is 945 g/mol. The molecule has 2 aliphatic heterocycles. The summed E-state index contributed by atoms with van der Waals surface area (Å²) in [6, 6.07) is 0. The summed E-state index contributed by atoms with van der Waals surface area (Å²) in [5.74, 6) is -5.75. The number of hydrogen-bond donors (Lipinski definition) is 6. The Morgan fingerprint density at radius 2 is 0.868 bits per heavy atom. The molecule has 0 spiro atoms. The van der Waals surface area contributed by atoms with E-state index in [1.165, 1.54) is 0 Å². The van der Waals surface area contributed by atoms with Crippen LogP contribution in [0.5, 0.6) is 0 Å². The highest BCUT2D eigenvalue weighted by Gasteiger charge is 2.51. The Morgan fingerprint density at radius 1 is 0.559 bits per heavy atom. The number of ether oxygens (including phenoxy) is 4. The Morgan fingerprint density at radius 3 is 1.18 bits per heavy atom. The number of esters is 4. The number of allylic oxidation sites excluding steroid dienone is 20. The number of hydrogen-bond acceptors (Lipinski definition) is 16. The normalized spacial score (nSPS) is 29.6. The van der Waals surface area contributed by atoms with Gasteiger partial charge in [0.2, 0.25) is 0 Å². The van der Waals surface area contributed by atoms with Crippen LogP contribution in [0.2, 0.25) is 0 Å². The molecule has 68 heavy (non-hydrogen) atoms. The fraction of sp³-hybridized carbons (Fsp3) is 0.462. The minimum atomic E-state index is -2.09. The summed E-state index contributed by atoms with van der Waals surface area (Å²) >= 11 is 0. The lowest BCUT2D eigenvalue weighted by Crippen LogP contribution is -2.46. The zero-order valence-electron chi connectivity index (χ0n) is 40.0. The number of Topliss-reactive ketones (excluding diaryl/α,β-unsaturated/α-hetero) is 2. The van der Waals surface area contributed by atoms with Gasteiger partial charge in [-0.1, -0.05) is 135 Å². The van der Waals surface area contributed by atoms with Crippen molar-refractivity contribution in [2.24, 2.45) is 10.8 Å². The Kier molecular flexibility index (Phi) is 18.5. The predicted molar refractivity (Wildman–Crippen MR) is 248 cm³/mol. The van der Waals surface area contributed by atoms with E-state index in [-0.39, 0.29) is 12.8 Å². The lowest BCUT2D eigenvalue weighted by molar-refractivity contribution is -0.175. The molecule has 2 heterocycles. The van der Waals surface area contributed by atoms with Crippen molar-refractivity contribution in [1.82, 2.24) is 0 Å². The van der Waals surface area contributed by atoms with Crippen LogP contribution in [-0.2, 0) is 47.7 Å². The maximum absolute atomic E-state index is 13.2. The van der Waals surface area contributed by atoms with Gasteiger partial charge < -0.3 is 49.6 Å². The third kappa shape index (κ3) is 13.4. The number of cyclic esters (lactones) is 2. The first-order valence-corrected chi connectivity index (χ1v) is 22.2. The van der Waals surface area contributed by atoms with Crippen LogP contribution in [0.4, 0.5) is 0 Å². The number of carbonyl (C=O) groups excluding carboxylic acids is 6. The van der Waals surface area contributed by atoms with Crippen molar-refractivity contribution >= 4 is 35.4 Å². The van der Waals surface area contributed by atoms with Crippen molar-refractivity contribution in [3.8, 4) is 0 Å². The molecule has 0 aromatic rings. The highest BCUT2D eigenvalue weighted by Crippen LogP contribution is 2.42. The van der Waals surface area contributed by atoms with E-state index in [1.807, 2.05) is 140 Å². The highest BCUT2D eigenvalue weighted by atomic mass is 16.6. The van der Waals surface area contributed by atoms with Gasteiger partial charge in [0.1, 0.15) is 12.2 Å². The number of aliphatic hydroxyl groups is 6. The molecular weight excluding hydrogens is 881 g/mol. The fourth-order valence-electron chi connectivity index (χ4n) is 8.13. The SMILES string of the molecule is CC1=C(/C=C/C(C)=C/C=C/C(C)=C/C=C/C=C(C)/C=C/C=C(C)/C=C/C2=C(C)C(=O)C(OC(=O)C(O)C3OC(=O)C(O)C3O)CC2(C)C)C(C)(C)CC(OC(=O)C(O)C2OC(=O)C(O)C2O)C1=O. The van der Waals surface area contributed by atoms with Crippen LogP contribution < -0.4 is 0 Å². The van der Waals surface area contributed by atoms with E-state index >= 15 is 0 Å². The smallest absolute Gasteiger partial charge is 0.339 e. The van der Waals surface area contributed by atoms with Crippen molar-refractivity contribution in [3.63, 3.8) is 0 Å². The van der Waals surface area contributed by atoms with Gasteiger partial charge in [-0.2, -0.15) is 0 Å². The summed E-state index contributed by atoms with van der Waals surface area (Å²) in [5.41, 5.74) is 4.91. The predicted octanol–water partition coefficient (Wildman–Crippen LogP) is 4.02. The maximum atomic E-state index is 13.2. The summed E-state index contributed by atoms with van der Waals surface area (Å²) in [4.78, 5) is 74.9. The van der Waals surface area contributed by atoms with Crippen molar-refractivity contribution in [3.05, 3.63) is 130 Å². The summed E-state index contributed by atoms with van der Waals surface area (Å²) in [6.45, 7) is 18.6. The molecule has 10 atom stereocenters. The Balaban J connectivity index is 1.28. The van der Waals surface area contributed by atoms with Gasteiger partial charge in [-0.15, -0.1) is 0 Å². The van der Waals surface area contributed by atoms with E-state index in [9.17, 15) is 59.4 Å². The Hall–Kier alpha value is -5.88. The van der Waals surface area contributed by atoms with Crippen LogP contribution in [0.3, 0.4) is 0 Å². The first-order chi connectivity index (χ1) is 31.7.